The first-order valence-electron chi connectivity index (χ1n) is 5.61. The maximum Gasteiger partial charge on any atom is 0.266 e. The van der Waals surface area contributed by atoms with E-state index in [9.17, 15) is 4.79 Å². The van der Waals surface area contributed by atoms with Crippen molar-refractivity contribution in [3.8, 4) is 0 Å². The fourth-order valence-electron chi connectivity index (χ4n) is 1.51. The molecular weight excluding hydrogens is 352 g/mol. The predicted molar refractivity (Wildman–Crippen MR) is 79.8 cm³/mol. The van der Waals surface area contributed by atoms with Gasteiger partial charge in [-0.25, -0.2) is 4.98 Å². The average Bonchev–Trinajstić information content (AvgIpc) is 2.36. The number of halogens is 2. The summed E-state index contributed by atoms with van der Waals surface area (Å²) >= 11 is 8.02. The molecular formula is C11H17ClIN3O. The minimum absolute atomic E-state index is 0.0644. The van der Waals surface area contributed by atoms with Crippen LogP contribution in [0.1, 0.15) is 26.7 Å². The van der Waals surface area contributed by atoms with Gasteiger partial charge in [-0.2, -0.15) is 0 Å². The third kappa shape index (κ3) is 3.58. The number of anilines is 1. The van der Waals surface area contributed by atoms with E-state index in [-0.39, 0.29) is 11.0 Å². The maximum absolute atomic E-state index is 11.4. The van der Waals surface area contributed by atoms with Gasteiger partial charge in [-0.1, -0.05) is 13.8 Å². The van der Waals surface area contributed by atoms with Crippen LogP contribution in [0, 0.1) is 8.99 Å². The summed E-state index contributed by atoms with van der Waals surface area (Å²) in [5, 5.41) is 3.22. The van der Waals surface area contributed by atoms with Crippen molar-refractivity contribution in [3.63, 3.8) is 0 Å². The Hall–Kier alpha value is -0.300. The lowest BCUT2D eigenvalue weighted by molar-refractivity contribution is 0.326. The Balaban J connectivity index is 2.79. The molecule has 0 aliphatic rings. The van der Waals surface area contributed by atoms with Crippen LogP contribution in [0.15, 0.2) is 11.1 Å². The van der Waals surface area contributed by atoms with Crippen molar-refractivity contribution < 1.29 is 0 Å². The van der Waals surface area contributed by atoms with E-state index in [0.717, 1.165) is 19.4 Å². The molecule has 0 bridgehead atoms. The van der Waals surface area contributed by atoms with Gasteiger partial charge < -0.3 is 10.3 Å². The van der Waals surface area contributed by atoms with Crippen LogP contribution < -0.4 is 10.9 Å². The van der Waals surface area contributed by atoms with Crippen molar-refractivity contribution in [2.24, 2.45) is 5.41 Å². The van der Waals surface area contributed by atoms with E-state index in [4.69, 9.17) is 11.6 Å². The number of hydrogen-bond donors (Lipinski definition) is 2. The molecule has 0 amide bonds. The quantitative estimate of drug-likeness (QED) is 0.599. The maximum atomic E-state index is 11.4. The van der Waals surface area contributed by atoms with E-state index < -0.39 is 0 Å². The Labute approximate surface area is 120 Å². The highest BCUT2D eigenvalue weighted by molar-refractivity contribution is 14.1. The Kier molecular flexibility index (Phi) is 5.72. The van der Waals surface area contributed by atoms with Crippen LogP contribution in [0.3, 0.4) is 0 Å². The molecule has 4 nitrogen and oxygen atoms in total. The molecule has 96 valence electrons. The number of nitrogens with zero attached hydrogens (tertiary/aromatic N) is 1. The molecule has 1 rings (SSSR count). The highest BCUT2D eigenvalue weighted by Crippen LogP contribution is 2.28. The summed E-state index contributed by atoms with van der Waals surface area (Å²) in [6, 6.07) is 0. The number of rotatable bonds is 6. The lowest BCUT2D eigenvalue weighted by Gasteiger charge is -2.29. The molecule has 1 aromatic rings. The number of alkyl halides is 1. The van der Waals surface area contributed by atoms with Crippen LogP contribution >= 0.6 is 34.2 Å². The van der Waals surface area contributed by atoms with Gasteiger partial charge in [0.25, 0.3) is 5.56 Å². The minimum atomic E-state index is -0.118. The molecule has 6 heteroatoms. The lowest BCUT2D eigenvalue weighted by Crippen LogP contribution is -2.31. The number of H-pyrrole nitrogens is 1. The molecule has 0 saturated carbocycles. The Morgan fingerprint density at radius 2 is 2.18 bits per heavy atom. The van der Waals surface area contributed by atoms with E-state index in [1.54, 1.807) is 0 Å². The van der Waals surface area contributed by atoms with Crippen LogP contribution in [0.25, 0.3) is 0 Å². The van der Waals surface area contributed by atoms with Crippen molar-refractivity contribution in [1.29, 1.82) is 0 Å². The second-order valence-electron chi connectivity index (χ2n) is 4.09. The Bertz CT molecular complexity index is 409. The van der Waals surface area contributed by atoms with Crippen molar-refractivity contribution in [2.75, 3.05) is 17.7 Å². The summed E-state index contributed by atoms with van der Waals surface area (Å²) in [6.45, 7) is 4.99. The zero-order chi connectivity index (χ0) is 12.9. The third-order valence-electron chi connectivity index (χ3n) is 3.21. The molecule has 0 spiro atoms. The Morgan fingerprint density at radius 3 is 2.71 bits per heavy atom. The largest absolute Gasteiger partial charge is 0.368 e. The highest BCUT2D eigenvalue weighted by atomic mass is 127. The second-order valence-corrected chi connectivity index (χ2v) is 5.43. The van der Waals surface area contributed by atoms with Crippen molar-refractivity contribution in [1.82, 2.24) is 9.97 Å². The van der Waals surface area contributed by atoms with Gasteiger partial charge in [-0.05, 0) is 35.4 Å². The standard InChI is InChI=1S/C11H17ClIN3O/c1-3-11(4-2,5-12)6-14-9-8(13)10(17)16-7-15-9/h7H,3-6H2,1-2H3,(H2,14,15,16,17). The number of aromatic amines is 1. The summed E-state index contributed by atoms with van der Waals surface area (Å²) in [7, 11) is 0. The molecule has 2 N–H and O–H groups in total. The van der Waals surface area contributed by atoms with Gasteiger partial charge >= 0.3 is 0 Å². The molecule has 0 radical (unpaired) electrons. The van der Waals surface area contributed by atoms with E-state index in [1.807, 2.05) is 22.6 Å². The first kappa shape index (κ1) is 14.8. The van der Waals surface area contributed by atoms with Gasteiger partial charge in [-0.15, -0.1) is 11.6 Å². The fraction of sp³-hybridized carbons (Fsp3) is 0.636. The summed E-state index contributed by atoms with van der Waals surface area (Å²) in [5.41, 5.74) is -0.0536. The van der Waals surface area contributed by atoms with Crippen LogP contribution in [0.4, 0.5) is 5.82 Å². The minimum Gasteiger partial charge on any atom is -0.368 e. The van der Waals surface area contributed by atoms with E-state index >= 15 is 0 Å². The zero-order valence-electron chi connectivity index (χ0n) is 10.0. The van der Waals surface area contributed by atoms with Crippen molar-refractivity contribution in [3.05, 3.63) is 20.3 Å². The van der Waals surface area contributed by atoms with Gasteiger partial charge in [0.05, 0.1) is 6.33 Å². The first-order valence-corrected chi connectivity index (χ1v) is 7.23. The molecule has 0 aliphatic heterocycles. The molecule has 0 fully saturated rings. The van der Waals surface area contributed by atoms with Crippen molar-refractivity contribution in [2.45, 2.75) is 26.7 Å². The molecule has 0 aromatic carbocycles. The second kappa shape index (κ2) is 6.58. The van der Waals surface area contributed by atoms with Crippen LogP contribution in [0.2, 0.25) is 0 Å². The van der Waals surface area contributed by atoms with E-state index in [0.29, 0.717) is 15.3 Å². The number of aromatic nitrogens is 2. The number of nitrogens with one attached hydrogen (secondary N) is 2. The third-order valence-corrected chi connectivity index (χ3v) is 4.78. The van der Waals surface area contributed by atoms with Crippen molar-refractivity contribution >= 4 is 40.0 Å². The molecule has 0 atom stereocenters. The first-order chi connectivity index (χ1) is 8.08. The van der Waals surface area contributed by atoms with E-state index in [2.05, 4.69) is 29.1 Å². The summed E-state index contributed by atoms with van der Waals surface area (Å²) in [6.07, 6.45) is 3.41. The average molecular weight is 370 g/mol. The highest BCUT2D eigenvalue weighted by Gasteiger charge is 2.25. The smallest absolute Gasteiger partial charge is 0.266 e. The molecule has 0 saturated heterocycles. The lowest BCUT2D eigenvalue weighted by atomic mass is 9.84. The van der Waals surface area contributed by atoms with Crippen LogP contribution in [-0.2, 0) is 0 Å². The fourth-order valence-corrected chi connectivity index (χ4v) is 2.47. The van der Waals surface area contributed by atoms with Gasteiger partial charge in [0.2, 0.25) is 0 Å². The van der Waals surface area contributed by atoms with Gasteiger partial charge in [0, 0.05) is 17.8 Å². The van der Waals surface area contributed by atoms with Gasteiger partial charge in [0.15, 0.2) is 0 Å². The predicted octanol–water partition coefficient (Wildman–Crippen LogP) is 2.83. The number of hydrogen-bond acceptors (Lipinski definition) is 3. The SMILES string of the molecule is CCC(CC)(CCl)CNc1nc[nH]c(=O)c1I. The molecule has 1 heterocycles. The normalized spacial score (nSPS) is 11.5. The molecule has 0 unspecified atom stereocenters. The topological polar surface area (TPSA) is 57.8 Å². The van der Waals surface area contributed by atoms with Gasteiger partial charge in [0.1, 0.15) is 9.39 Å². The molecule has 1 aromatic heterocycles. The summed E-state index contributed by atoms with van der Waals surface area (Å²) < 4.78 is 0.584. The summed E-state index contributed by atoms with van der Waals surface area (Å²) in [4.78, 5) is 18.1. The van der Waals surface area contributed by atoms with Crippen LogP contribution in [-0.4, -0.2) is 22.4 Å². The summed E-state index contributed by atoms with van der Waals surface area (Å²) in [5.74, 6) is 1.23. The van der Waals surface area contributed by atoms with E-state index in [1.165, 1.54) is 6.33 Å². The monoisotopic (exact) mass is 369 g/mol. The van der Waals surface area contributed by atoms with Gasteiger partial charge in [-0.3, -0.25) is 4.79 Å². The molecule has 17 heavy (non-hydrogen) atoms. The zero-order valence-corrected chi connectivity index (χ0v) is 12.9. The molecule has 0 aliphatic carbocycles. The van der Waals surface area contributed by atoms with Crippen LogP contribution in [0.5, 0.6) is 0 Å². The Morgan fingerprint density at radius 1 is 1.53 bits per heavy atom.